The summed E-state index contributed by atoms with van der Waals surface area (Å²) in [5.41, 5.74) is 0.854. The van der Waals surface area contributed by atoms with E-state index in [1.54, 1.807) is 13.2 Å². The SMILES string of the molecule is COC(=O)/C=C/c1ccc(OCCCCCCBr)c(OC)c1. The minimum Gasteiger partial charge on any atom is -0.493 e. The molecule has 122 valence electrons. The number of unbranched alkanes of at least 4 members (excludes halogenated alkanes) is 3. The van der Waals surface area contributed by atoms with Crippen LogP contribution in [0.25, 0.3) is 6.08 Å². The highest BCUT2D eigenvalue weighted by Crippen LogP contribution is 2.28. The van der Waals surface area contributed by atoms with E-state index in [2.05, 4.69) is 20.7 Å². The Morgan fingerprint density at radius 1 is 1.14 bits per heavy atom. The summed E-state index contributed by atoms with van der Waals surface area (Å²) in [4.78, 5) is 11.1. The van der Waals surface area contributed by atoms with Crippen LogP contribution in [0.3, 0.4) is 0 Å². The van der Waals surface area contributed by atoms with Crippen LogP contribution >= 0.6 is 15.9 Å². The zero-order valence-electron chi connectivity index (χ0n) is 13.1. The molecule has 4 nitrogen and oxygen atoms in total. The van der Waals surface area contributed by atoms with Gasteiger partial charge in [0.1, 0.15) is 0 Å². The number of hydrogen-bond donors (Lipinski definition) is 0. The highest BCUT2D eigenvalue weighted by molar-refractivity contribution is 9.09. The lowest BCUT2D eigenvalue weighted by Gasteiger charge is -2.11. The monoisotopic (exact) mass is 370 g/mol. The molecule has 0 unspecified atom stereocenters. The first-order chi connectivity index (χ1) is 10.7. The number of methoxy groups -OCH3 is 2. The summed E-state index contributed by atoms with van der Waals surface area (Å²) in [6.07, 6.45) is 7.65. The van der Waals surface area contributed by atoms with Gasteiger partial charge in [0.15, 0.2) is 11.5 Å². The summed E-state index contributed by atoms with van der Waals surface area (Å²) < 4.78 is 15.7. The van der Waals surface area contributed by atoms with Crippen LogP contribution in [0.4, 0.5) is 0 Å². The lowest BCUT2D eigenvalue weighted by atomic mass is 10.2. The third-order valence-electron chi connectivity index (χ3n) is 3.09. The third-order valence-corrected chi connectivity index (χ3v) is 3.65. The van der Waals surface area contributed by atoms with E-state index in [0.717, 1.165) is 29.5 Å². The van der Waals surface area contributed by atoms with Crippen LogP contribution in [-0.4, -0.2) is 32.1 Å². The lowest BCUT2D eigenvalue weighted by Crippen LogP contribution is -1.99. The van der Waals surface area contributed by atoms with E-state index in [0.29, 0.717) is 12.4 Å². The number of hydrogen-bond acceptors (Lipinski definition) is 4. The van der Waals surface area contributed by atoms with Crippen molar-refractivity contribution in [2.24, 2.45) is 0 Å². The predicted molar refractivity (Wildman–Crippen MR) is 91.8 cm³/mol. The summed E-state index contributed by atoms with van der Waals surface area (Å²) in [5, 5.41) is 1.06. The largest absolute Gasteiger partial charge is 0.493 e. The Morgan fingerprint density at radius 3 is 2.59 bits per heavy atom. The molecule has 0 saturated carbocycles. The van der Waals surface area contributed by atoms with Crippen LogP contribution in [0, 0.1) is 0 Å². The normalized spacial score (nSPS) is 10.7. The molecule has 0 aromatic heterocycles. The van der Waals surface area contributed by atoms with Gasteiger partial charge in [-0.25, -0.2) is 4.79 Å². The molecule has 0 spiro atoms. The lowest BCUT2D eigenvalue weighted by molar-refractivity contribution is -0.134. The second-order valence-electron chi connectivity index (χ2n) is 4.72. The van der Waals surface area contributed by atoms with E-state index in [4.69, 9.17) is 9.47 Å². The molecule has 1 rings (SSSR count). The van der Waals surface area contributed by atoms with Crippen molar-refractivity contribution in [1.29, 1.82) is 0 Å². The molecule has 0 aliphatic heterocycles. The molecule has 22 heavy (non-hydrogen) atoms. The molecule has 1 aromatic carbocycles. The van der Waals surface area contributed by atoms with Crippen molar-refractivity contribution in [3.05, 3.63) is 29.8 Å². The number of ether oxygens (including phenoxy) is 3. The van der Waals surface area contributed by atoms with Crippen molar-refractivity contribution in [3.8, 4) is 11.5 Å². The number of esters is 1. The molecule has 0 amide bonds. The molecule has 5 heteroatoms. The average molecular weight is 371 g/mol. The van der Waals surface area contributed by atoms with E-state index in [-0.39, 0.29) is 5.97 Å². The van der Waals surface area contributed by atoms with Crippen molar-refractivity contribution < 1.29 is 19.0 Å². The standard InChI is InChI=1S/C17H23BrO4/c1-20-16-13-14(8-10-17(19)21-2)7-9-15(16)22-12-6-4-3-5-11-18/h7-10,13H,3-6,11-12H2,1-2H3/b10-8+. The summed E-state index contributed by atoms with van der Waals surface area (Å²) in [7, 11) is 2.95. The summed E-state index contributed by atoms with van der Waals surface area (Å²) >= 11 is 3.42. The van der Waals surface area contributed by atoms with Gasteiger partial charge in [-0.05, 0) is 36.6 Å². The van der Waals surface area contributed by atoms with Gasteiger partial charge >= 0.3 is 5.97 Å². The zero-order chi connectivity index (χ0) is 16.2. The predicted octanol–water partition coefficient (Wildman–Crippen LogP) is 4.22. The fraction of sp³-hybridized carbons (Fsp3) is 0.471. The number of carbonyl (C=O) groups excluding carboxylic acids is 1. The number of carbonyl (C=O) groups is 1. The molecule has 0 bridgehead atoms. The van der Waals surface area contributed by atoms with Crippen molar-refractivity contribution in [3.63, 3.8) is 0 Å². The quantitative estimate of drug-likeness (QED) is 0.267. The van der Waals surface area contributed by atoms with Gasteiger partial charge in [-0.1, -0.05) is 34.8 Å². The molecule has 0 atom stereocenters. The highest BCUT2D eigenvalue weighted by Gasteiger charge is 2.05. The van der Waals surface area contributed by atoms with E-state index < -0.39 is 0 Å². The van der Waals surface area contributed by atoms with E-state index in [9.17, 15) is 4.79 Å². The Kier molecular flexibility index (Phi) is 9.39. The van der Waals surface area contributed by atoms with Crippen molar-refractivity contribution in [2.45, 2.75) is 25.7 Å². The molecular formula is C17H23BrO4. The van der Waals surface area contributed by atoms with Gasteiger partial charge in [-0.15, -0.1) is 0 Å². The molecule has 1 aromatic rings. The summed E-state index contributed by atoms with van der Waals surface area (Å²) in [5.74, 6) is 0.994. The van der Waals surface area contributed by atoms with Crippen molar-refractivity contribution in [2.75, 3.05) is 26.2 Å². The topological polar surface area (TPSA) is 44.8 Å². The maximum absolute atomic E-state index is 11.1. The Bertz CT molecular complexity index is 486. The van der Waals surface area contributed by atoms with E-state index in [1.807, 2.05) is 18.2 Å². The maximum atomic E-state index is 11.1. The van der Waals surface area contributed by atoms with Gasteiger partial charge in [0.05, 0.1) is 20.8 Å². The summed E-state index contributed by atoms with van der Waals surface area (Å²) in [6, 6.07) is 5.57. The maximum Gasteiger partial charge on any atom is 0.330 e. The molecule has 0 N–H and O–H groups in total. The average Bonchev–Trinajstić information content (AvgIpc) is 2.56. The van der Waals surface area contributed by atoms with Crippen LogP contribution in [0.15, 0.2) is 24.3 Å². The first kappa shape index (κ1) is 18.6. The van der Waals surface area contributed by atoms with Gasteiger partial charge in [0.25, 0.3) is 0 Å². The van der Waals surface area contributed by atoms with Gasteiger partial charge in [0.2, 0.25) is 0 Å². The fourth-order valence-corrected chi connectivity index (χ4v) is 2.27. The Labute approximate surface area is 140 Å². The second-order valence-corrected chi connectivity index (χ2v) is 5.51. The van der Waals surface area contributed by atoms with E-state index >= 15 is 0 Å². The number of rotatable bonds is 10. The first-order valence-electron chi connectivity index (χ1n) is 7.34. The van der Waals surface area contributed by atoms with Gasteiger partial charge in [0, 0.05) is 11.4 Å². The molecule has 0 radical (unpaired) electrons. The number of halogens is 1. The van der Waals surface area contributed by atoms with Crippen LogP contribution < -0.4 is 9.47 Å². The first-order valence-corrected chi connectivity index (χ1v) is 8.46. The minimum absolute atomic E-state index is 0.386. The van der Waals surface area contributed by atoms with Crippen LogP contribution in [0.1, 0.15) is 31.2 Å². The smallest absolute Gasteiger partial charge is 0.330 e. The Hall–Kier alpha value is -1.49. The van der Waals surface area contributed by atoms with Gasteiger partial charge in [-0.2, -0.15) is 0 Å². The fourth-order valence-electron chi connectivity index (χ4n) is 1.87. The molecule has 0 aliphatic rings. The van der Waals surface area contributed by atoms with Gasteiger partial charge in [-0.3, -0.25) is 0 Å². The molecule has 0 aliphatic carbocycles. The number of benzene rings is 1. The summed E-state index contributed by atoms with van der Waals surface area (Å²) in [6.45, 7) is 0.677. The molecule has 0 saturated heterocycles. The van der Waals surface area contributed by atoms with Crippen molar-refractivity contribution >= 4 is 28.0 Å². The van der Waals surface area contributed by atoms with Crippen LogP contribution in [0.5, 0.6) is 11.5 Å². The van der Waals surface area contributed by atoms with Gasteiger partial charge < -0.3 is 14.2 Å². The molecular weight excluding hydrogens is 348 g/mol. The zero-order valence-corrected chi connectivity index (χ0v) is 14.7. The molecule has 0 fully saturated rings. The van der Waals surface area contributed by atoms with Crippen LogP contribution in [0.2, 0.25) is 0 Å². The highest BCUT2D eigenvalue weighted by atomic mass is 79.9. The van der Waals surface area contributed by atoms with Crippen molar-refractivity contribution in [1.82, 2.24) is 0 Å². The minimum atomic E-state index is -0.386. The van der Waals surface area contributed by atoms with Crippen LogP contribution in [-0.2, 0) is 9.53 Å². The molecule has 0 heterocycles. The third kappa shape index (κ3) is 6.98. The van der Waals surface area contributed by atoms with E-state index in [1.165, 1.54) is 26.0 Å². The Balaban J connectivity index is 2.54. The second kappa shape index (κ2) is 11.1. The Morgan fingerprint density at radius 2 is 1.91 bits per heavy atom. The number of alkyl halides is 1.